The summed E-state index contributed by atoms with van der Waals surface area (Å²) in [5.41, 5.74) is 13.9. The highest BCUT2D eigenvalue weighted by Crippen LogP contribution is 2.43. The first kappa shape index (κ1) is 20.3. The number of halogens is 2. The third-order valence-corrected chi connectivity index (χ3v) is 9.17. The van der Waals surface area contributed by atoms with Crippen LogP contribution >= 0.6 is 68.5 Å². The minimum atomic E-state index is 0.569. The lowest BCUT2D eigenvalue weighted by molar-refractivity contribution is 0.661. The first-order valence-corrected chi connectivity index (χ1v) is 13.1. The van der Waals surface area contributed by atoms with Gasteiger partial charge in [0.2, 0.25) is 0 Å². The second-order valence-corrected chi connectivity index (χ2v) is 11.4. The zero-order chi connectivity index (χ0) is 20.8. The van der Waals surface area contributed by atoms with Gasteiger partial charge in [-0.05, 0) is 12.1 Å². The highest BCUT2D eigenvalue weighted by Gasteiger charge is 2.27. The quantitative estimate of drug-likeness (QED) is 0.355. The molecule has 0 bridgehead atoms. The number of aromatic nitrogens is 2. The van der Waals surface area contributed by atoms with Crippen molar-refractivity contribution in [2.24, 2.45) is 0 Å². The Labute approximate surface area is 199 Å². The van der Waals surface area contributed by atoms with E-state index in [-0.39, 0.29) is 0 Å². The van der Waals surface area contributed by atoms with Gasteiger partial charge in [0.05, 0.1) is 19.8 Å². The molecule has 1 saturated heterocycles. The van der Waals surface area contributed by atoms with Crippen LogP contribution in [0.5, 0.6) is 0 Å². The van der Waals surface area contributed by atoms with Gasteiger partial charge in [0.25, 0.3) is 0 Å². The van der Waals surface area contributed by atoms with Crippen molar-refractivity contribution < 1.29 is 0 Å². The highest BCUT2D eigenvalue weighted by molar-refractivity contribution is 7.21. The summed E-state index contributed by atoms with van der Waals surface area (Å²) in [6.07, 6.45) is 0. The average molecular weight is 516 g/mol. The Morgan fingerprint density at radius 3 is 1.47 bits per heavy atom. The van der Waals surface area contributed by atoms with Crippen LogP contribution in [-0.4, -0.2) is 36.1 Å². The van der Waals surface area contributed by atoms with E-state index in [0.29, 0.717) is 10.3 Å². The normalized spacial score (nSPS) is 14.6. The molecular formula is C18H16Cl2N6S4. The topological polar surface area (TPSA) is 84.3 Å². The number of nitrogens with two attached hydrogens (primary N) is 2. The van der Waals surface area contributed by atoms with Crippen molar-refractivity contribution in [2.75, 3.05) is 47.4 Å². The molecule has 30 heavy (non-hydrogen) atoms. The fraction of sp³-hybridized carbons (Fsp3) is 0.222. The Bertz CT molecular complexity index is 1090. The van der Waals surface area contributed by atoms with Gasteiger partial charge in [0.15, 0.2) is 10.3 Å². The summed E-state index contributed by atoms with van der Waals surface area (Å²) in [6.45, 7) is 3.43. The molecule has 1 aliphatic rings. The van der Waals surface area contributed by atoms with Gasteiger partial charge in [-0.3, -0.25) is 0 Å². The maximum absolute atomic E-state index is 6.12. The molecule has 0 spiro atoms. The summed E-state index contributed by atoms with van der Waals surface area (Å²) < 4.78 is 0. The van der Waals surface area contributed by atoms with E-state index >= 15 is 0 Å². The number of piperazine rings is 1. The van der Waals surface area contributed by atoms with Gasteiger partial charge in [-0.1, -0.05) is 45.9 Å². The van der Waals surface area contributed by atoms with Gasteiger partial charge in [-0.15, -0.1) is 22.7 Å². The predicted octanol–water partition coefficient (Wildman–Crippen LogP) is 5.85. The van der Waals surface area contributed by atoms with Gasteiger partial charge >= 0.3 is 0 Å². The summed E-state index contributed by atoms with van der Waals surface area (Å²) in [5.74, 6) is 0. The van der Waals surface area contributed by atoms with Crippen molar-refractivity contribution in [3.63, 3.8) is 0 Å². The summed E-state index contributed by atoms with van der Waals surface area (Å²) in [6, 6.07) is 3.89. The third-order valence-electron chi connectivity index (χ3n) is 4.71. The van der Waals surface area contributed by atoms with E-state index in [4.69, 9.17) is 34.7 Å². The van der Waals surface area contributed by atoms with E-state index in [1.807, 2.05) is 22.9 Å². The standard InChI is InChI=1S/C18H16Cl2N6S4/c19-9-5-11(27-7-9)13-15(29-17(21)23-13)25-1-2-26(4-3-25)16-14(24-18(22)30-16)12-6-10(20)8-28-12/h5-8H,1-4H2,(H2,21,23)(H2,22,24). The average Bonchev–Trinajstić information content (AvgIpc) is 3.49. The summed E-state index contributed by atoms with van der Waals surface area (Å²) in [4.78, 5) is 15.9. The van der Waals surface area contributed by atoms with Crippen LogP contribution in [0.4, 0.5) is 20.3 Å². The van der Waals surface area contributed by atoms with Crippen LogP contribution in [-0.2, 0) is 0 Å². The van der Waals surface area contributed by atoms with Crippen molar-refractivity contribution in [3.8, 4) is 21.1 Å². The maximum Gasteiger partial charge on any atom is 0.182 e. The fourth-order valence-corrected chi connectivity index (χ4v) is 7.45. The van der Waals surface area contributed by atoms with Crippen molar-refractivity contribution in [1.82, 2.24) is 9.97 Å². The lowest BCUT2D eigenvalue weighted by Gasteiger charge is -2.36. The van der Waals surface area contributed by atoms with E-state index in [2.05, 4.69) is 19.8 Å². The van der Waals surface area contributed by atoms with Crippen molar-refractivity contribution in [2.45, 2.75) is 0 Å². The second kappa shape index (κ2) is 8.18. The lowest BCUT2D eigenvalue weighted by Crippen LogP contribution is -2.46. The Morgan fingerprint density at radius 1 is 0.733 bits per heavy atom. The molecule has 0 saturated carbocycles. The monoisotopic (exact) mass is 514 g/mol. The number of hydrogen-bond donors (Lipinski definition) is 2. The molecule has 5 rings (SSSR count). The number of rotatable bonds is 4. The molecule has 0 unspecified atom stereocenters. The number of nitrogen functional groups attached to an aromatic ring is 2. The van der Waals surface area contributed by atoms with Crippen LogP contribution in [0.25, 0.3) is 21.1 Å². The molecule has 4 N–H and O–H groups in total. The number of thiophene rings is 2. The summed E-state index contributed by atoms with van der Waals surface area (Å²) >= 11 is 18.5. The van der Waals surface area contributed by atoms with Crippen LogP contribution in [0, 0.1) is 0 Å². The molecule has 0 aliphatic carbocycles. The van der Waals surface area contributed by atoms with Gasteiger partial charge < -0.3 is 21.3 Å². The first-order chi connectivity index (χ1) is 14.5. The predicted molar refractivity (Wildman–Crippen MR) is 134 cm³/mol. The van der Waals surface area contributed by atoms with Crippen LogP contribution in [0.3, 0.4) is 0 Å². The fourth-order valence-electron chi connectivity index (χ4n) is 3.39. The number of nitrogens with zero attached hydrogens (tertiary/aromatic N) is 4. The number of hydrogen-bond acceptors (Lipinski definition) is 10. The molecular weight excluding hydrogens is 499 g/mol. The summed E-state index contributed by atoms with van der Waals surface area (Å²) in [5, 5.41) is 8.61. The molecule has 4 aromatic rings. The molecule has 6 nitrogen and oxygen atoms in total. The first-order valence-electron chi connectivity index (χ1n) is 8.99. The second-order valence-electron chi connectivity index (χ2n) is 6.64. The largest absolute Gasteiger partial charge is 0.375 e. The zero-order valence-electron chi connectivity index (χ0n) is 15.5. The van der Waals surface area contributed by atoms with Gasteiger partial charge in [0.1, 0.15) is 21.4 Å². The SMILES string of the molecule is Nc1nc(-c2cc(Cl)cs2)c(N2CCN(c3sc(N)nc3-c3cc(Cl)cs3)CC2)s1. The van der Waals surface area contributed by atoms with E-state index < -0.39 is 0 Å². The number of anilines is 4. The van der Waals surface area contributed by atoms with E-state index in [1.54, 1.807) is 22.7 Å². The molecule has 4 aromatic heterocycles. The Kier molecular flexibility index (Phi) is 5.55. The van der Waals surface area contributed by atoms with E-state index in [9.17, 15) is 0 Å². The van der Waals surface area contributed by atoms with Gasteiger partial charge in [-0.2, -0.15) is 0 Å². The molecule has 12 heteroatoms. The molecule has 0 radical (unpaired) electrons. The highest BCUT2D eigenvalue weighted by atomic mass is 35.5. The summed E-state index contributed by atoms with van der Waals surface area (Å²) in [7, 11) is 0. The molecule has 0 atom stereocenters. The number of thiazole rings is 2. The van der Waals surface area contributed by atoms with E-state index in [0.717, 1.165) is 67.4 Å². The molecule has 5 heterocycles. The minimum absolute atomic E-state index is 0.569. The molecule has 156 valence electrons. The Hall–Kier alpha value is -1.56. The van der Waals surface area contributed by atoms with Gasteiger partial charge in [-0.25, -0.2) is 9.97 Å². The van der Waals surface area contributed by atoms with Crippen LogP contribution in [0.1, 0.15) is 0 Å². The lowest BCUT2D eigenvalue weighted by atomic mass is 10.2. The Balaban J connectivity index is 1.37. The molecule has 0 amide bonds. The molecule has 0 aromatic carbocycles. The van der Waals surface area contributed by atoms with Crippen LogP contribution < -0.4 is 21.3 Å². The van der Waals surface area contributed by atoms with Crippen LogP contribution in [0.15, 0.2) is 22.9 Å². The molecule has 1 aliphatic heterocycles. The third kappa shape index (κ3) is 3.88. The van der Waals surface area contributed by atoms with Crippen molar-refractivity contribution in [3.05, 3.63) is 32.9 Å². The maximum atomic E-state index is 6.12. The smallest absolute Gasteiger partial charge is 0.182 e. The van der Waals surface area contributed by atoms with Crippen LogP contribution in [0.2, 0.25) is 10.0 Å². The van der Waals surface area contributed by atoms with Crippen molar-refractivity contribution in [1.29, 1.82) is 0 Å². The minimum Gasteiger partial charge on any atom is -0.375 e. The van der Waals surface area contributed by atoms with Gasteiger partial charge in [0, 0.05) is 36.9 Å². The zero-order valence-corrected chi connectivity index (χ0v) is 20.2. The van der Waals surface area contributed by atoms with Crippen molar-refractivity contribution >= 4 is 88.8 Å². The Morgan fingerprint density at radius 2 is 1.13 bits per heavy atom. The molecule has 1 fully saturated rings. The van der Waals surface area contributed by atoms with E-state index in [1.165, 1.54) is 22.7 Å².